The Bertz CT molecular complexity index is 471. The van der Waals surface area contributed by atoms with Crippen LogP contribution in [0.4, 0.5) is 10.1 Å². The molecule has 19 heavy (non-hydrogen) atoms. The summed E-state index contributed by atoms with van der Waals surface area (Å²) in [7, 11) is 0. The Kier molecular flexibility index (Phi) is 4.06. The van der Waals surface area contributed by atoms with Crippen molar-refractivity contribution in [1.29, 1.82) is 5.26 Å². The van der Waals surface area contributed by atoms with E-state index in [4.69, 9.17) is 0 Å². The molecule has 0 aromatic heterocycles. The predicted octanol–water partition coefficient (Wildman–Crippen LogP) is 3.00. The summed E-state index contributed by atoms with van der Waals surface area (Å²) < 4.78 is 13.7. The molecule has 0 unspecified atom stereocenters. The summed E-state index contributed by atoms with van der Waals surface area (Å²) in [4.78, 5) is 2.35. The molecule has 1 heterocycles. The molecule has 1 aliphatic rings. The first-order valence-electron chi connectivity index (χ1n) is 6.74. The topological polar surface area (TPSA) is 39.1 Å². The van der Waals surface area contributed by atoms with Gasteiger partial charge in [-0.25, -0.2) is 4.39 Å². The van der Waals surface area contributed by atoms with Gasteiger partial charge in [-0.05, 0) is 38.8 Å². The zero-order valence-electron chi connectivity index (χ0n) is 11.5. The fraction of sp³-hybridized carbons (Fsp3) is 0.533. The number of piperidine rings is 1. The standard InChI is InChI=1S/C15H20FN3/c1-12(2)19-9-7-15(11-17,8-10-19)18-14-6-4-3-5-13(14)16/h3-6,12,18H,7-10H2,1-2H3. The molecule has 0 spiro atoms. The summed E-state index contributed by atoms with van der Waals surface area (Å²) in [5.41, 5.74) is -0.227. The molecule has 0 radical (unpaired) electrons. The van der Waals surface area contributed by atoms with Crippen LogP contribution >= 0.6 is 0 Å². The fourth-order valence-corrected chi connectivity index (χ4v) is 2.51. The highest BCUT2D eigenvalue weighted by Crippen LogP contribution is 2.28. The van der Waals surface area contributed by atoms with Crippen molar-refractivity contribution >= 4 is 5.69 Å². The SMILES string of the molecule is CC(C)N1CCC(C#N)(Nc2ccccc2F)CC1. The van der Waals surface area contributed by atoms with Gasteiger partial charge in [0.1, 0.15) is 11.4 Å². The van der Waals surface area contributed by atoms with E-state index in [1.54, 1.807) is 18.2 Å². The molecular formula is C15H20FN3. The maximum absolute atomic E-state index is 13.7. The van der Waals surface area contributed by atoms with Gasteiger partial charge in [0.25, 0.3) is 0 Å². The number of benzene rings is 1. The van der Waals surface area contributed by atoms with Crippen LogP contribution in [0.5, 0.6) is 0 Å². The van der Waals surface area contributed by atoms with E-state index in [0.29, 0.717) is 11.7 Å². The molecule has 0 atom stereocenters. The molecule has 1 saturated heterocycles. The molecule has 0 bridgehead atoms. The minimum absolute atomic E-state index is 0.302. The van der Waals surface area contributed by atoms with Crippen molar-refractivity contribution in [3.63, 3.8) is 0 Å². The van der Waals surface area contributed by atoms with Crippen molar-refractivity contribution in [3.05, 3.63) is 30.1 Å². The molecule has 1 aromatic rings. The van der Waals surface area contributed by atoms with E-state index < -0.39 is 5.54 Å². The van der Waals surface area contributed by atoms with Gasteiger partial charge in [-0.1, -0.05) is 12.1 Å². The number of hydrogen-bond acceptors (Lipinski definition) is 3. The first-order chi connectivity index (χ1) is 9.06. The summed E-state index contributed by atoms with van der Waals surface area (Å²) in [6, 6.07) is 9.37. The van der Waals surface area contributed by atoms with Crippen LogP contribution < -0.4 is 5.32 Å². The second-order valence-corrected chi connectivity index (χ2v) is 5.43. The number of halogens is 1. The molecule has 1 fully saturated rings. The lowest BCUT2D eigenvalue weighted by Gasteiger charge is -2.40. The Morgan fingerprint density at radius 1 is 1.32 bits per heavy atom. The van der Waals surface area contributed by atoms with Crippen LogP contribution in [-0.4, -0.2) is 29.6 Å². The Hall–Kier alpha value is -1.60. The Morgan fingerprint density at radius 2 is 1.95 bits per heavy atom. The van der Waals surface area contributed by atoms with E-state index in [0.717, 1.165) is 25.9 Å². The van der Waals surface area contributed by atoms with E-state index in [2.05, 4.69) is 30.1 Å². The number of nitrogens with one attached hydrogen (secondary N) is 1. The third-order valence-electron chi connectivity index (χ3n) is 3.84. The fourth-order valence-electron chi connectivity index (χ4n) is 2.51. The quantitative estimate of drug-likeness (QED) is 0.909. The zero-order chi connectivity index (χ0) is 13.9. The maximum atomic E-state index is 13.7. The number of rotatable bonds is 3. The van der Waals surface area contributed by atoms with Gasteiger partial charge in [0.15, 0.2) is 0 Å². The summed E-state index contributed by atoms with van der Waals surface area (Å²) in [5.74, 6) is -0.302. The molecule has 0 saturated carbocycles. The Balaban J connectivity index is 2.10. The van der Waals surface area contributed by atoms with Crippen LogP contribution in [0.1, 0.15) is 26.7 Å². The van der Waals surface area contributed by atoms with Crippen LogP contribution in [0.25, 0.3) is 0 Å². The smallest absolute Gasteiger partial charge is 0.146 e. The molecule has 1 aromatic carbocycles. The zero-order valence-corrected chi connectivity index (χ0v) is 11.5. The van der Waals surface area contributed by atoms with Gasteiger partial charge in [0.2, 0.25) is 0 Å². The Labute approximate surface area is 114 Å². The van der Waals surface area contributed by atoms with Crippen molar-refractivity contribution in [2.24, 2.45) is 0 Å². The van der Waals surface area contributed by atoms with Crippen molar-refractivity contribution in [2.45, 2.75) is 38.3 Å². The number of nitrogens with zero attached hydrogens (tertiary/aromatic N) is 2. The van der Waals surface area contributed by atoms with E-state index in [1.165, 1.54) is 6.07 Å². The van der Waals surface area contributed by atoms with Gasteiger partial charge in [0.05, 0.1) is 11.8 Å². The van der Waals surface area contributed by atoms with Gasteiger partial charge < -0.3 is 10.2 Å². The largest absolute Gasteiger partial charge is 0.365 e. The third kappa shape index (κ3) is 3.05. The summed E-state index contributed by atoms with van der Waals surface area (Å²) in [5, 5.41) is 12.6. The van der Waals surface area contributed by atoms with Crippen LogP contribution in [0.3, 0.4) is 0 Å². The van der Waals surface area contributed by atoms with Crippen molar-refractivity contribution < 1.29 is 4.39 Å². The summed E-state index contributed by atoms with van der Waals surface area (Å²) >= 11 is 0. The molecule has 2 rings (SSSR count). The van der Waals surface area contributed by atoms with Gasteiger partial charge in [-0.2, -0.15) is 5.26 Å². The van der Waals surface area contributed by atoms with Gasteiger partial charge >= 0.3 is 0 Å². The molecule has 1 N–H and O–H groups in total. The van der Waals surface area contributed by atoms with Gasteiger partial charge in [-0.3, -0.25) is 0 Å². The van der Waals surface area contributed by atoms with E-state index in [9.17, 15) is 9.65 Å². The highest BCUT2D eigenvalue weighted by Gasteiger charge is 2.35. The molecule has 3 nitrogen and oxygen atoms in total. The first kappa shape index (κ1) is 13.8. The van der Waals surface area contributed by atoms with Gasteiger partial charge in [0, 0.05) is 19.1 Å². The van der Waals surface area contributed by atoms with Crippen LogP contribution in [0.15, 0.2) is 24.3 Å². The van der Waals surface area contributed by atoms with E-state index >= 15 is 0 Å². The van der Waals surface area contributed by atoms with Crippen molar-refractivity contribution in [2.75, 3.05) is 18.4 Å². The second-order valence-electron chi connectivity index (χ2n) is 5.43. The highest BCUT2D eigenvalue weighted by atomic mass is 19.1. The van der Waals surface area contributed by atoms with Crippen molar-refractivity contribution in [3.8, 4) is 6.07 Å². The normalized spacial score (nSPS) is 19.1. The minimum atomic E-state index is -0.645. The van der Waals surface area contributed by atoms with Crippen LogP contribution in [-0.2, 0) is 0 Å². The maximum Gasteiger partial charge on any atom is 0.146 e. The van der Waals surface area contributed by atoms with Crippen molar-refractivity contribution in [1.82, 2.24) is 4.90 Å². The number of nitriles is 1. The monoisotopic (exact) mass is 261 g/mol. The number of anilines is 1. The first-order valence-corrected chi connectivity index (χ1v) is 6.74. The summed E-state index contributed by atoms with van der Waals surface area (Å²) in [6.45, 7) is 6.05. The molecule has 0 amide bonds. The minimum Gasteiger partial charge on any atom is -0.365 e. The Morgan fingerprint density at radius 3 is 2.47 bits per heavy atom. The average Bonchev–Trinajstić information content (AvgIpc) is 2.42. The predicted molar refractivity (Wildman–Crippen MR) is 74.3 cm³/mol. The molecule has 102 valence electrons. The molecular weight excluding hydrogens is 241 g/mol. The number of likely N-dealkylation sites (tertiary alicyclic amines) is 1. The van der Waals surface area contributed by atoms with Crippen LogP contribution in [0, 0.1) is 17.1 Å². The average molecular weight is 261 g/mol. The lowest BCUT2D eigenvalue weighted by Crippen LogP contribution is -2.50. The van der Waals surface area contributed by atoms with E-state index in [1.807, 2.05) is 0 Å². The van der Waals surface area contributed by atoms with Crippen LogP contribution in [0.2, 0.25) is 0 Å². The third-order valence-corrected chi connectivity index (χ3v) is 3.84. The second kappa shape index (κ2) is 5.58. The van der Waals surface area contributed by atoms with E-state index in [-0.39, 0.29) is 5.82 Å². The highest BCUT2D eigenvalue weighted by molar-refractivity contribution is 5.49. The molecule has 1 aliphatic heterocycles. The number of hydrogen-bond donors (Lipinski definition) is 1. The molecule has 0 aliphatic carbocycles. The van der Waals surface area contributed by atoms with Gasteiger partial charge in [-0.15, -0.1) is 0 Å². The lowest BCUT2D eigenvalue weighted by molar-refractivity contribution is 0.159. The molecule has 4 heteroatoms. The lowest BCUT2D eigenvalue weighted by atomic mass is 9.88. The summed E-state index contributed by atoms with van der Waals surface area (Å²) in [6.07, 6.45) is 1.44. The number of para-hydroxylation sites is 1.